The number of fused-ring (bicyclic) bond motifs is 1. The van der Waals surface area contributed by atoms with Gasteiger partial charge < -0.3 is 14.5 Å². The Kier molecular flexibility index (Phi) is 4.87. The first kappa shape index (κ1) is 19.7. The molecular weight excluding hydrogens is 378 g/mol. The topological polar surface area (TPSA) is 68.5 Å². The second-order valence-electron chi connectivity index (χ2n) is 10.2. The lowest BCUT2D eigenvalue weighted by atomic mass is 9.48. The average molecular weight is 410 g/mol. The third-order valence-corrected chi connectivity index (χ3v) is 7.89. The highest BCUT2D eigenvalue weighted by Crippen LogP contribution is 2.61. The molecule has 0 aliphatic heterocycles. The third kappa shape index (κ3) is 3.63. The monoisotopic (exact) mass is 409 g/mol. The minimum absolute atomic E-state index is 0.105. The maximum Gasteiger partial charge on any atom is 0.310 e. The Balaban J connectivity index is 1.14. The molecule has 6 rings (SSSR count). The van der Waals surface area contributed by atoms with Gasteiger partial charge in [-0.2, -0.15) is 0 Å². The minimum atomic E-state index is -0.407. The average Bonchev–Trinajstić information content (AvgIpc) is 3.07. The van der Waals surface area contributed by atoms with Crippen LogP contribution >= 0.6 is 0 Å². The van der Waals surface area contributed by atoms with Crippen molar-refractivity contribution in [3.8, 4) is 0 Å². The minimum Gasteiger partial charge on any atom is -0.464 e. The smallest absolute Gasteiger partial charge is 0.310 e. The van der Waals surface area contributed by atoms with Crippen LogP contribution in [0.2, 0.25) is 0 Å². The first-order valence-electron chi connectivity index (χ1n) is 11.3. The van der Waals surface area contributed by atoms with Crippen molar-refractivity contribution in [2.45, 2.75) is 64.8 Å². The lowest BCUT2D eigenvalue weighted by Crippen LogP contribution is -2.56. The molecule has 0 spiro atoms. The van der Waals surface area contributed by atoms with E-state index in [1.54, 1.807) is 6.26 Å². The highest BCUT2D eigenvalue weighted by molar-refractivity contribution is 5.87. The number of furan rings is 1. The number of esters is 1. The van der Waals surface area contributed by atoms with Crippen molar-refractivity contribution in [2.24, 2.45) is 23.2 Å². The van der Waals surface area contributed by atoms with E-state index >= 15 is 0 Å². The number of nitrogens with one attached hydrogen (secondary N) is 1. The molecule has 4 aliphatic carbocycles. The van der Waals surface area contributed by atoms with E-state index in [1.807, 2.05) is 25.1 Å². The predicted molar refractivity (Wildman–Crippen MR) is 114 cm³/mol. The predicted octanol–water partition coefficient (Wildman–Crippen LogP) is 4.55. The lowest BCUT2D eigenvalue weighted by molar-refractivity contribution is -0.148. The summed E-state index contributed by atoms with van der Waals surface area (Å²) in [5, 5.41) is 4.07. The molecule has 5 heteroatoms. The van der Waals surface area contributed by atoms with Crippen molar-refractivity contribution in [3.63, 3.8) is 0 Å². The van der Waals surface area contributed by atoms with Gasteiger partial charge >= 0.3 is 5.97 Å². The van der Waals surface area contributed by atoms with Gasteiger partial charge in [0.25, 0.3) is 5.91 Å². The maximum absolute atomic E-state index is 12.5. The van der Waals surface area contributed by atoms with Gasteiger partial charge in [0.2, 0.25) is 0 Å². The lowest BCUT2D eigenvalue weighted by Gasteiger charge is -2.59. The van der Waals surface area contributed by atoms with Gasteiger partial charge in [-0.15, -0.1) is 0 Å². The Hall–Kier alpha value is -2.30. The van der Waals surface area contributed by atoms with Crippen LogP contribution < -0.4 is 5.32 Å². The van der Waals surface area contributed by atoms with Crippen molar-refractivity contribution in [1.29, 1.82) is 0 Å². The summed E-state index contributed by atoms with van der Waals surface area (Å²) in [5.41, 5.74) is 2.91. The van der Waals surface area contributed by atoms with E-state index in [0.717, 1.165) is 39.8 Å². The molecule has 4 saturated carbocycles. The van der Waals surface area contributed by atoms with Crippen LogP contribution in [0, 0.1) is 30.1 Å². The van der Waals surface area contributed by atoms with Gasteiger partial charge in [-0.05, 0) is 87.2 Å². The third-order valence-electron chi connectivity index (χ3n) is 7.89. The van der Waals surface area contributed by atoms with Crippen LogP contribution in [-0.4, -0.2) is 24.5 Å². The molecule has 4 fully saturated rings. The van der Waals surface area contributed by atoms with E-state index in [9.17, 15) is 9.59 Å². The molecule has 1 aromatic heterocycles. The van der Waals surface area contributed by atoms with Gasteiger partial charge in [-0.1, -0.05) is 12.1 Å². The van der Waals surface area contributed by atoms with E-state index in [-0.39, 0.29) is 30.4 Å². The van der Waals surface area contributed by atoms with E-state index in [4.69, 9.17) is 9.15 Å². The van der Waals surface area contributed by atoms with Gasteiger partial charge in [0, 0.05) is 17.0 Å². The second kappa shape index (κ2) is 7.44. The number of amides is 1. The van der Waals surface area contributed by atoms with E-state index < -0.39 is 5.97 Å². The molecule has 4 aliphatic rings. The van der Waals surface area contributed by atoms with Gasteiger partial charge in [0.05, 0.1) is 12.7 Å². The number of carbonyl (C=O) groups excluding carboxylic acids is 2. The molecule has 1 N–H and O–H groups in total. The second-order valence-corrected chi connectivity index (χ2v) is 10.2. The SMILES string of the molecule is Cc1ccc2c(CC(=O)OCC(=O)N[C@H](C)C34CC5CC(CC(C5)C3)C4)coc2c1. The summed E-state index contributed by atoms with van der Waals surface area (Å²) in [6.45, 7) is 3.93. The largest absolute Gasteiger partial charge is 0.464 e. The van der Waals surface area contributed by atoms with E-state index in [2.05, 4.69) is 12.2 Å². The van der Waals surface area contributed by atoms with Crippen LogP contribution in [0.3, 0.4) is 0 Å². The van der Waals surface area contributed by atoms with Crippen molar-refractivity contribution in [1.82, 2.24) is 5.32 Å². The van der Waals surface area contributed by atoms with Crippen molar-refractivity contribution >= 4 is 22.8 Å². The summed E-state index contributed by atoms with van der Waals surface area (Å²) in [6, 6.07) is 6.03. The number of ether oxygens (including phenoxy) is 1. The fraction of sp³-hybridized carbons (Fsp3) is 0.600. The Labute approximate surface area is 177 Å². The van der Waals surface area contributed by atoms with Crippen LogP contribution in [0.5, 0.6) is 0 Å². The van der Waals surface area contributed by atoms with Gasteiger partial charge in [-0.3, -0.25) is 9.59 Å². The summed E-state index contributed by atoms with van der Waals surface area (Å²) in [4.78, 5) is 24.8. The Bertz CT molecular complexity index is 939. The summed E-state index contributed by atoms with van der Waals surface area (Å²) >= 11 is 0. The maximum atomic E-state index is 12.5. The molecule has 1 amide bonds. The molecule has 1 aromatic carbocycles. The highest BCUT2D eigenvalue weighted by atomic mass is 16.5. The number of benzene rings is 1. The van der Waals surface area contributed by atoms with Crippen LogP contribution in [-0.2, 0) is 20.7 Å². The summed E-state index contributed by atoms with van der Waals surface area (Å²) in [7, 11) is 0. The number of carbonyl (C=O) groups is 2. The van der Waals surface area contributed by atoms with E-state index in [1.165, 1.54) is 38.5 Å². The van der Waals surface area contributed by atoms with Crippen LogP contribution in [0.4, 0.5) is 0 Å². The fourth-order valence-electron chi connectivity index (χ4n) is 6.82. The van der Waals surface area contributed by atoms with E-state index in [0.29, 0.717) is 0 Å². The summed E-state index contributed by atoms with van der Waals surface area (Å²) in [5.74, 6) is 1.95. The van der Waals surface area contributed by atoms with Crippen molar-refractivity contribution < 1.29 is 18.7 Å². The zero-order chi connectivity index (χ0) is 20.9. The van der Waals surface area contributed by atoms with Crippen molar-refractivity contribution in [3.05, 3.63) is 35.6 Å². The normalized spacial score (nSPS) is 30.4. The highest BCUT2D eigenvalue weighted by Gasteiger charge is 2.53. The molecule has 0 unspecified atom stereocenters. The van der Waals surface area contributed by atoms with Gasteiger partial charge in [0.1, 0.15) is 5.58 Å². The van der Waals surface area contributed by atoms with Crippen molar-refractivity contribution in [2.75, 3.05) is 6.61 Å². The fourth-order valence-corrected chi connectivity index (χ4v) is 6.82. The zero-order valence-electron chi connectivity index (χ0n) is 17.9. The first-order valence-corrected chi connectivity index (χ1v) is 11.3. The molecule has 0 radical (unpaired) electrons. The summed E-state index contributed by atoms with van der Waals surface area (Å²) < 4.78 is 10.8. The Morgan fingerprint density at radius 1 is 1.17 bits per heavy atom. The molecule has 160 valence electrons. The molecule has 1 heterocycles. The Morgan fingerprint density at radius 2 is 1.83 bits per heavy atom. The first-order chi connectivity index (χ1) is 14.4. The van der Waals surface area contributed by atoms with Gasteiger partial charge in [-0.25, -0.2) is 0 Å². The zero-order valence-corrected chi connectivity index (χ0v) is 17.9. The van der Waals surface area contributed by atoms with Gasteiger partial charge in [0.15, 0.2) is 6.61 Å². The molecule has 5 nitrogen and oxygen atoms in total. The molecule has 4 bridgehead atoms. The standard InChI is InChI=1S/C25H31NO4/c1-15-3-4-21-20(13-29-22(21)5-15)9-24(28)30-14-23(27)26-16(2)25-10-17-6-18(11-25)8-19(7-17)12-25/h3-5,13,16-19H,6-12,14H2,1-2H3,(H,26,27)/t16-,17?,18?,19?,25?/m1/s1. The number of hydrogen-bond donors (Lipinski definition) is 1. The molecule has 30 heavy (non-hydrogen) atoms. The molecule has 0 saturated heterocycles. The Morgan fingerprint density at radius 3 is 2.50 bits per heavy atom. The molecular formula is C25H31NO4. The van der Waals surface area contributed by atoms with Crippen LogP contribution in [0.15, 0.2) is 28.9 Å². The number of hydrogen-bond acceptors (Lipinski definition) is 4. The quantitative estimate of drug-likeness (QED) is 0.711. The molecule has 1 atom stereocenters. The van der Waals surface area contributed by atoms with Crippen LogP contribution in [0.1, 0.15) is 56.6 Å². The summed E-state index contributed by atoms with van der Waals surface area (Å²) in [6.07, 6.45) is 9.60. The number of rotatable bonds is 6. The molecule has 2 aromatic rings. The van der Waals surface area contributed by atoms with Crippen LogP contribution in [0.25, 0.3) is 11.0 Å². The number of aryl methyl sites for hydroxylation is 1.